The minimum absolute atomic E-state index is 0.0137. The van der Waals surface area contributed by atoms with Crippen LogP contribution in [-0.2, 0) is 23.4 Å². The fourth-order valence-electron chi connectivity index (χ4n) is 4.17. The smallest absolute Gasteiger partial charge is 0.375 e. The molecule has 0 unspecified atom stereocenters. The molecule has 2 N–H and O–H groups in total. The maximum absolute atomic E-state index is 13.3. The van der Waals surface area contributed by atoms with Crippen molar-refractivity contribution in [1.82, 2.24) is 15.4 Å². The van der Waals surface area contributed by atoms with Crippen molar-refractivity contribution in [2.24, 2.45) is 0 Å². The highest BCUT2D eigenvalue weighted by Gasteiger charge is 2.55. The van der Waals surface area contributed by atoms with Gasteiger partial charge in [-0.1, -0.05) is 36.3 Å². The van der Waals surface area contributed by atoms with Gasteiger partial charge in [0.2, 0.25) is 11.5 Å². The molecule has 0 spiro atoms. The van der Waals surface area contributed by atoms with Crippen molar-refractivity contribution in [2.75, 3.05) is 13.1 Å². The number of nitrogens with zero attached hydrogens (tertiary/aromatic N) is 2. The lowest BCUT2D eigenvalue weighted by atomic mass is 9.87. The average molecular weight is 409 g/mol. The fourth-order valence-corrected chi connectivity index (χ4v) is 4.17. The van der Waals surface area contributed by atoms with E-state index in [0.717, 1.165) is 17.5 Å². The zero-order valence-corrected chi connectivity index (χ0v) is 16.1. The van der Waals surface area contributed by atoms with Crippen molar-refractivity contribution in [3.8, 4) is 0 Å². The zero-order valence-electron chi connectivity index (χ0n) is 16.1. The molecule has 3 atom stereocenters. The Labute approximate surface area is 165 Å². The van der Waals surface area contributed by atoms with E-state index in [-0.39, 0.29) is 30.3 Å². The number of halogens is 3. The molecule has 6 nitrogen and oxygen atoms in total. The predicted octanol–water partition coefficient (Wildman–Crippen LogP) is 2.78. The van der Waals surface area contributed by atoms with Gasteiger partial charge < -0.3 is 19.8 Å². The predicted molar refractivity (Wildman–Crippen MR) is 96.9 cm³/mol. The number of nitrogens with one attached hydrogen (secondary N) is 1. The molecule has 1 amide bonds. The first-order valence-corrected chi connectivity index (χ1v) is 9.49. The first-order valence-electron chi connectivity index (χ1n) is 9.49. The summed E-state index contributed by atoms with van der Waals surface area (Å²) in [5.41, 5.74) is -1.39. The summed E-state index contributed by atoms with van der Waals surface area (Å²) in [6.45, 7) is 3.27. The zero-order chi connectivity index (χ0) is 21.0. The summed E-state index contributed by atoms with van der Waals surface area (Å²) in [6, 6.07) is 7.22. The van der Waals surface area contributed by atoms with Crippen LogP contribution in [0.3, 0.4) is 0 Å². The number of carbonyl (C=O) groups excluding carboxylic acids is 1. The highest BCUT2D eigenvalue weighted by atomic mass is 19.4. The van der Waals surface area contributed by atoms with Gasteiger partial charge in [-0.25, -0.2) is 0 Å². The molecule has 4 rings (SSSR count). The van der Waals surface area contributed by atoms with Gasteiger partial charge in [0.1, 0.15) is 11.7 Å². The standard InChI is InChI=1S/C20H22F3N3O3/c1-11-9-26(18(27)16-13-6-4-3-5-12(13)7-8-24-16)10-14-15(11)17(25-29-14)19(2,28)20(21,22)23/h3-6,11,16,24,28H,7-10H2,1-2H3/t11-,16-,19+/m0/s1. The molecular weight excluding hydrogens is 387 g/mol. The molecule has 156 valence electrons. The Hall–Kier alpha value is -2.39. The Balaban J connectivity index is 1.62. The van der Waals surface area contributed by atoms with Crippen molar-refractivity contribution in [1.29, 1.82) is 0 Å². The molecule has 2 aromatic rings. The number of hydrogen-bond acceptors (Lipinski definition) is 5. The van der Waals surface area contributed by atoms with E-state index in [4.69, 9.17) is 4.52 Å². The molecule has 0 aliphatic carbocycles. The molecule has 0 saturated heterocycles. The fraction of sp³-hybridized carbons (Fsp3) is 0.500. The van der Waals surface area contributed by atoms with Gasteiger partial charge in [0.05, 0.1) is 6.54 Å². The number of hydrogen-bond donors (Lipinski definition) is 2. The Morgan fingerprint density at radius 1 is 1.34 bits per heavy atom. The van der Waals surface area contributed by atoms with Crippen LogP contribution in [0, 0.1) is 0 Å². The van der Waals surface area contributed by atoms with E-state index >= 15 is 0 Å². The van der Waals surface area contributed by atoms with Crippen LogP contribution < -0.4 is 5.32 Å². The third-order valence-corrected chi connectivity index (χ3v) is 5.80. The minimum Gasteiger partial charge on any atom is -0.375 e. The highest BCUT2D eigenvalue weighted by molar-refractivity contribution is 5.84. The quantitative estimate of drug-likeness (QED) is 0.798. The molecule has 0 radical (unpaired) electrons. The van der Waals surface area contributed by atoms with Gasteiger partial charge in [-0.15, -0.1) is 0 Å². The molecule has 2 aliphatic heterocycles. The second-order valence-electron chi connectivity index (χ2n) is 7.89. The minimum atomic E-state index is -4.89. The van der Waals surface area contributed by atoms with Crippen LogP contribution in [0.2, 0.25) is 0 Å². The van der Waals surface area contributed by atoms with Crippen LogP contribution in [-0.4, -0.2) is 40.3 Å². The third-order valence-electron chi connectivity index (χ3n) is 5.80. The van der Waals surface area contributed by atoms with Gasteiger partial charge in [0.25, 0.3) is 0 Å². The molecular formula is C20H22F3N3O3. The monoisotopic (exact) mass is 409 g/mol. The Kier molecular flexibility index (Phi) is 4.70. The number of rotatable bonds is 2. The average Bonchev–Trinajstić information content (AvgIpc) is 3.11. The Morgan fingerprint density at radius 2 is 2.07 bits per heavy atom. The lowest BCUT2D eigenvalue weighted by Crippen LogP contribution is -2.46. The van der Waals surface area contributed by atoms with E-state index in [1.807, 2.05) is 24.3 Å². The second-order valence-corrected chi connectivity index (χ2v) is 7.89. The van der Waals surface area contributed by atoms with E-state index in [2.05, 4.69) is 10.5 Å². The maximum atomic E-state index is 13.3. The molecule has 3 heterocycles. The first-order chi connectivity index (χ1) is 13.6. The number of aromatic nitrogens is 1. The Bertz CT molecular complexity index is 939. The van der Waals surface area contributed by atoms with E-state index < -0.39 is 29.4 Å². The number of alkyl halides is 3. The van der Waals surface area contributed by atoms with Crippen LogP contribution >= 0.6 is 0 Å². The van der Waals surface area contributed by atoms with Crippen molar-refractivity contribution in [3.05, 3.63) is 52.4 Å². The summed E-state index contributed by atoms with van der Waals surface area (Å²) in [5.74, 6) is -0.437. The molecule has 0 fully saturated rings. The SMILES string of the molecule is C[C@H]1CN(C(=O)[C@H]2NCCc3ccccc32)Cc2onc([C@@](C)(O)C(F)(F)F)c21. The lowest BCUT2D eigenvalue weighted by Gasteiger charge is -2.36. The van der Waals surface area contributed by atoms with E-state index in [1.165, 1.54) is 0 Å². The Morgan fingerprint density at radius 3 is 2.79 bits per heavy atom. The van der Waals surface area contributed by atoms with Gasteiger partial charge in [-0.3, -0.25) is 4.79 Å². The van der Waals surface area contributed by atoms with Crippen molar-refractivity contribution >= 4 is 5.91 Å². The van der Waals surface area contributed by atoms with Crippen LogP contribution in [0.25, 0.3) is 0 Å². The van der Waals surface area contributed by atoms with Crippen molar-refractivity contribution < 1.29 is 27.6 Å². The van der Waals surface area contributed by atoms with Crippen molar-refractivity contribution in [3.63, 3.8) is 0 Å². The van der Waals surface area contributed by atoms with E-state index in [0.29, 0.717) is 13.5 Å². The molecule has 29 heavy (non-hydrogen) atoms. The van der Waals surface area contributed by atoms with Gasteiger partial charge >= 0.3 is 6.18 Å². The largest absolute Gasteiger partial charge is 0.422 e. The van der Waals surface area contributed by atoms with Gasteiger partial charge in [0, 0.05) is 24.6 Å². The van der Waals surface area contributed by atoms with Crippen LogP contribution in [0.5, 0.6) is 0 Å². The first kappa shape index (κ1) is 19.9. The number of fused-ring (bicyclic) bond motifs is 2. The molecule has 0 bridgehead atoms. The summed E-state index contributed by atoms with van der Waals surface area (Å²) >= 11 is 0. The number of carbonyl (C=O) groups is 1. The van der Waals surface area contributed by atoms with Gasteiger partial charge in [0.15, 0.2) is 5.76 Å². The second kappa shape index (κ2) is 6.84. The molecule has 0 saturated carbocycles. The third kappa shape index (κ3) is 3.22. The maximum Gasteiger partial charge on any atom is 0.422 e. The van der Waals surface area contributed by atoms with Gasteiger partial charge in [-0.2, -0.15) is 13.2 Å². The molecule has 2 aliphatic rings. The summed E-state index contributed by atoms with van der Waals surface area (Å²) < 4.78 is 45.0. The summed E-state index contributed by atoms with van der Waals surface area (Å²) in [5, 5.41) is 16.8. The van der Waals surface area contributed by atoms with Crippen LogP contribution in [0.1, 0.15) is 54.0 Å². The number of aliphatic hydroxyl groups is 1. The molecule has 9 heteroatoms. The summed E-state index contributed by atoms with van der Waals surface area (Å²) in [4.78, 5) is 14.8. The van der Waals surface area contributed by atoms with Crippen LogP contribution in [0.4, 0.5) is 13.2 Å². The topological polar surface area (TPSA) is 78.6 Å². The van der Waals surface area contributed by atoms with Gasteiger partial charge in [-0.05, 0) is 24.5 Å². The number of amides is 1. The van der Waals surface area contributed by atoms with E-state index in [9.17, 15) is 23.1 Å². The lowest BCUT2D eigenvalue weighted by molar-refractivity contribution is -0.261. The summed E-state index contributed by atoms with van der Waals surface area (Å²) in [7, 11) is 0. The molecule has 1 aromatic carbocycles. The highest BCUT2D eigenvalue weighted by Crippen LogP contribution is 2.43. The normalized spacial score (nSPS) is 23.9. The number of benzene rings is 1. The van der Waals surface area contributed by atoms with Crippen molar-refractivity contribution in [2.45, 2.75) is 50.6 Å². The molecule has 1 aromatic heterocycles. The summed E-state index contributed by atoms with van der Waals surface area (Å²) in [6.07, 6.45) is -4.06. The van der Waals surface area contributed by atoms with Crippen LogP contribution in [0.15, 0.2) is 28.8 Å². The van der Waals surface area contributed by atoms with E-state index in [1.54, 1.807) is 11.8 Å².